The van der Waals surface area contributed by atoms with Crippen LogP contribution in [0, 0.1) is 12.3 Å². The molecule has 9 heavy (non-hydrogen) atoms. The predicted octanol–water partition coefficient (Wildman–Crippen LogP) is -0.219. The number of hydrogen-bond donors (Lipinski definition) is 1. The lowest BCUT2D eigenvalue weighted by Gasteiger charge is -1.89. The third kappa shape index (κ3) is 1.09. The molecule has 3 nitrogen and oxygen atoms in total. The van der Waals surface area contributed by atoms with Crippen molar-refractivity contribution >= 4 is 0 Å². The average Bonchev–Trinajstić information content (AvgIpc) is 2.34. The molecule has 0 saturated carbocycles. The van der Waals surface area contributed by atoms with E-state index in [1.165, 1.54) is 0 Å². The van der Waals surface area contributed by atoms with Gasteiger partial charge in [-0.2, -0.15) is 5.10 Å². The summed E-state index contributed by atoms with van der Waals surface area (Å²) < 4.78 is 1.58. The van der Waals surface area contributed by atoms with Gasteiger partial charge in [0.05, 0.1) is 6.67 Å². The van der Waals surface area contributed by atoms with Crippen LogP contribution in [0.4, 0.5) is 0 Å². The standard InChI is InChI=1S/C6H7N3/c1-2-6-3-4-9(5-7)8-6/h1,3-4H,5,7H2. The van der Waals surface area contributed by atoms with E-state index in [1.807, 2.05) is 0 Å². The van der Waals surface area contributed by atoms with Crippen molar-refractivity contribution in [2.75, 3.05) is 0 Å². The first-order valence-electron chi connectivity index (χ1n) is 2.57. The second-order valence-corrected chi connectivity index (χ2v) is 1.57. The maximum absolute atomic E-state index is 5.25. The first-order valence-corrected chi connectivity index (χ1v) is 2.57. The lowest BCUT2D eigenvalue weighted by molar-refractivity contribution is 0.636. The van der Waals surface area contributed by atoms with Crippen molar-refractivity contribution in [2.24, 2.45) is 5.73 Å². The lowest BCUT2D eigenvalue weighted by atomic mass is 10.5. The van der Waals surface area contributed by atoms with Crippen LogP contribution >= 0.6 is 0 Å². The molecule has 3 heteroatoms. The number of nitrogens with zero attached hydrogens (tertiary/aromatic N) is 2. The minimum atomic E-state index is 0.377. The Morgan fingerprint density at radius 3 is 3.00 bits per heavy atom. The second-order valence-electron chi connectivity index (χ2n) is 1.57. The second kappa shape index (κ2) is 2.33. The topological polar surface area (TPSA) is 43.8 Å². The summed E-state index contributed by atoms with van der Waals surface area (Å²) in [4.78, 5) is 0. The fourth-order valence-corrected chi connectivity index (χ4v) is 0.540. The van der Waals surface area contributed by atoms with E-state index in [9.17, 15) is 0 Å². The fourth-order valence-electron chi connectivity index (χ4n) is 0.540. The molecule has 1 heterocycles. The minimum Gasteiger partial charge on any atom is -0.312 e. The molecule has 0 saturated heterocycles. The van der Waals surface area contributed by atoms with Crippen LogP contribution in [-0.4, -0.2) is 9.78 Å². The van der Waals surface area contributed by atoms with Gasteiger partial charge in [0.1, 0.15) is 5.69 Å². The highest BCUT2D eigenvalue weighted by Crippen LogP contribution is 1.89. The molecule has 1 rings (SSSR count). The first kappa shape index (κ1) is 5.86. The van der Waals surface area contributed by atoms with E-state index in [2.05, 4.69) is 11.0 Å². The minimum absolute atomic E-state index is 0.377. The predicted molar refractivity (Wildman–Crippen MR) is 34.3 cm³/mol. The summed E-state index contributed by atoms with van der Waals surface area (Å²) in [5, 5.41) is 3.90. The van der Waals surface area contributed by atoms with E-state index in [-0.39, 0.29) is 0 Å². The van der Waals surface area contributed by atoms with Crippen LogP contribution < -0.4 is 5.73 Å². The molecule has 1 aromatic heterocycles. The van der Waals surface area contributed by atoms with E-state index < -0.39 is 0 Å². The van der Waals surface area contributed by atoms with Crippen molar-refractivity contribution < 1.29 is 0 Å². The monoisotopic (exact) mass is 121 g/mol. The van der Waals surface area contributed by atoms with Crippen molar-refractivity contribution in [3.63, 3.8) is 0 Å². The first-order chi connectivity index (χ1) is 4.36. The van der Waals surface area contributed by atoms with Crippen molar-refractivity contribution in [2.45, 2.75) is 6.67 Å². The maximum atomic E-state index is 5.25. The summed E-state index contributed by atoms with van der Waals surface area (Å²) in [6, 6.07) is 1.74. The number of rotatable bonds is 1. The van der Waals surface area contributed by atoms with E-state index in [4.69, 9.17) is 12.2 Å². The van der Waals surface area contributed by atoms with E-state index >= 15 is 0 Å². The lowest BCUT2D eigenvalue weighted by Crippen LogP contribution is -2.07. The molecular formula is C6H7N3. The highest BCUT2D eigenvalue weighted by atomic mass is 15.3. The molecule has 0 amide bonds. The number of nitrogens with two attached hydrogens (primary N) is 1. The SMILES string of the molecule is C#Cc1ccn(CN)n1. The zero-order valence-corrected chi connectivity index (χ0v) is 4.91. The Morgan fingerprint density at radius 2 is 2.67 bits per heavy atom. The van der Waals surface area contributed by atoms with Gasteiger partial charge in [0.2, 0.25) is 0 Å². The van der Waals surface area contributed by atoms with Gasteiger partial charge in [-0.3, -0.25) is 4.68 Å². The Balaban J connectivity index is 2.90. The fraction of sp³-hybridized carbons (Fsp3) is 0.167. The van der Waals surface area contributed by atoms with Gasteiger partial charge in [0.15, 0.2) is 0 Å². The van der Waals surface area contributed by atoms with Crippen LogP contribution in [-0.2, 0) is 6.67 Å². The molecule has 0 aliphatic rings. The molecule has 0 spiro atoms. The average molecular weight is 121 g/mol. The van der Waals surface area contributed by atoms with E-state index in [1.54, 1.807) is 16.9 Å². The van der Waals surface area contributed by atoms with Crippen LogP contribution in [0.1, 0.15) is 5.69 Å². The Kier molecular flexibility index (Phi) is 1.52. The summed E-state index contributed by atoms with van der Waals surface area (Å²) in [5.41, 5.74) is 5.88. The van der Waals surface area contributed by atoms with Crippen LogP contribution in [0.15, 0.2) is 12.3 Å². The molecule has 0 bridgehead atoms. The van der Waals surface area contributed by atoms with Gasteiger partial charge in [-0.25, -0.2) is 0 Å². The smallest absolute Gasteiger partial charge is 0.135 e. The van der Waals surface area contributed by atoms with Gasteiger partial charge in [-0.15, -0.1) is 6.42 Å². The number of terminal acetylenes is 1. The quantitative estimate of drug-likeness (QED) is 0.522. The van der Waals surface area contributed by atoms with Crippen LogP contribution in [0.2, 0.25) is 0 Å². The van der Waals surface area contributed by atoms with E-state index in [0.29, 0.717) is 12.4 Å². The zero-order valence-electron chi connectivity index (χ0n) is 4.91. The van der Waals surface area contributed by atoms with Gasteiger partial charge < -0.3 is 5.73 Å². The normalized spacial score (nSPS) is 8.89. The number of hydrogen-bond acceptors (Lipinski definition) is 2. The van der Waals surface area contributed by atoms with Crippen LogP contribution in [0.25, 0.3) is 0 Å². The molecule has 2 N–H and O–H groups in total. The van der Waals surface area contributed by atoms with Crippen LogP contribution in [0.5, 0.6) is 0 Å². The molecular weight excluding hydrogens is 114 g/mol. The summed E-state index contributed by atoms with van der Waals surface area (Å²) >= 11 is 0. The van der Waals surface area contributed by atoms with Crippen molar-refractivity contribution in [3.8, 4) is 12.3 Å². The Labute approximate surface area is 53.5 Å². The molecule has 46 valence electrons. The summed E-state index contributed by atoms with van der Waals surface area (Å²) in [5.74, 6) is 2.39. The highest BCUT2D eigenvalue weighted by molar-refractivity contribution is 5.21. The molecule has 0 unspecified atom stereocenters. The molecule has 1 aromatic rings. The number of aromatic nitrogens is 2. The summed E-state index contributed by atoms with van der Waals surface area (Å²) in [6.07, 6.45) is 6.80. The molecule has 0 radical (unpaired) electrons. The Bertz CT molecular complexity index is 231. The summed E-state index contributed by atoms with van der Waals surface area (Å²) in [7, 11) is 0. The van der Waals surface area contributed by atoms with Gasteiger partial charge >= 0.3 is 0 Å². The Morgan fingerprint density at radius 1 is 1.89 bits per heavy atom. The maximum Gasteiger partial charge on any atom is 0.135 e. The third-order valence-electron chi connectivity index (χ3n) is 0.976. The highest BCUT2D eigenvalue weighted by Gasteiger charge is 1.89. The molecule has 0 aliphatic heterocycles. The molecule has 0 aromatic carbocycles. The van der Waals surface area contributed by atoms with Crippen molar-refractivity contribution in [1.82, 2.24) is 9.78 Å². The third-order valence-corrected chi connectivity index (χ3v) is 0.976. The molecule has 0 aliphatic carbocycles. The van der Waals surface area contributed by atoms with Gasteiger partial charge in [0, 0.05) is 6.20 Å². The molecule has 0 fully saturated rings. The van der Waals surface area contributed by atoms with Crippen LogP contribution in [0.3, 0.4) is 0 Å². The zero-order chi connectivity index (χ0) is 6.69. The van der Waals surface area contributed by atoms with Crippen molar-refractivity contribution in [3.05, 3.63) is 18.0 Å². The molecule has 0 atom stereocenters. The van der Waals surface area contributed by atoms with Gasteiger partial charge in [-0.05, 0) is 12.0 Å². The van der Waals surface area contributed by atoms with Gasteiger partial charge in [-0.1, -0.05) is 0 Å². The van der Waals surface area contributed by atoms with E-state index in [0.717, 1.165) is 0 Å². The Hall–Kier alpha value is -1.27. The van der Waals surface area contributed by atoms with Crippen molar-refractivity contribution in [1.29, 1.82) is 0 Å². The summed E-state index contributed by atoms with van der Waals surface area (Å²) in [6.45, 7) is 0.377. The van der Waals surface area contributed by atoms with Gasteiger partial charge in [0.25, 0.3) is 0 Å². The largest absolute Gasteiger partial charge is 0.312 e.